The third-order valence-corrected chi connectivity index (χ3v) is 7.37. The molecule has 2 unspecified atom stereocenters. The van der Waals surface area contributed by atoms with Crippen molar-refractivity contribution >= 4 is 28.3 Å². The number of halogens is 3. The van der Waals surface area contributed by atoms with E-state index in [0.717, 1.165) is 44.4 Å². The quantitative estimate of drug-likeness (QED) is 0.421. The van der Waals surface area contributed by atoms with E-state index < -0.39 is 23.6 Å². The Morgan fingerprint density at radius 1 is 1.17 bits per heavy atom. The third kappa shape index (κ3) is 6.45. The van der Waals surface area contributed by atoms with Crippen LogP contribution < -0.4 is 4.74 Å². The van der Waals surface area contributed by atoms with Gasteiger partial charge in [0.2, 0.25) is 0 Å². The van der Waals surface area contributed by atoms with Gasteiger partial charge >= 0.3 is 6.18 Å². The highest BCUT2D eigenvalue weighted by Gasteiger charge is 2.41. The van der Waals surface area contributed by atoms with E-state index in [1.54, 1.807) is 26.8 Å². The largest absolute Gasteiger partial charge is 0.488 e. The Labute approximate surface area is 215 Å². The average molecular weight is 521 g/mol. The molecule has 4 rings (SSSR count). The van der Waals surface area contributed by atoms with E-state index in [-0.39, 0.29) is 0 Å². The molecule has 0 bridgehead atoms. The molecule has 196 valence electrons. The Morgan fingerprint density at radius 3 is 2.47 bits per heavy atom. The van der Waals surface area contributed by atoms with Crippen molar-refractivity contribution in [2.45, 2.75) is 79.7 Å². The van der Waals surface area contributed by atoms with Gasteiger partial charge in [0.05, 0.1) is 27.8 Å². The lowest BCUT2D eigenvalue weighted by atomic mass is 9.87. The van der Waals surface area contributed by atoms with Crippen LogP contribution in [-0.4, -0.2) is 27.6 Å². The molecule has 1 aromatic carbocycles. The highest BCUT2D eigenvalue weighted by molar-refractivity contribution is 7.12. The molecule has 1 aromatic heterocycles. The predicted molar refractivity (Wildman–Crippen MR) is 141 cm³/mol. The lowest BCUT2D eigenvalue weighted by Gasteiger charge is -2.24. The second-order valence-corrected chi connectivity index (χ2v) is 10.8. The number of hydrogen-bond acceptors (Lipinski definition) is 5. The van der Waals surface area contributed by atoms with E-state index in [9.17, 15) is 18.3 Å². The first-order chi connectivity index (χ1) is 16.8. The fourth-order valence-electron chi connectivity index (χ4n) is 4.42. The summed E-state index contributed by atoms with van der Waals surface area (Å²) in [5.41, 5.74) is 4.75. The minimum absolute atomic E-state index is 0.332. The molecule has 36 heavy (non-hydrogen) atoms. The van der Waals surface area contributed by atoms with Crippen LogP contribution in [0.25, 0.3) is 5.57 Å². The Morgan fingerprint density at radius 2 is 1.86 bits per heavy atom. The van der Waals surface area contributed by atoms with Crippen LogP contribution in [0, 0.1) is 25.7 Å². The Hall–Kier alpha value is -2.45. The zero-order valence-corrected chi connectivity index (χ0v) is 22.8. The molecular formula is C28H35F3N2O2S. The van der Waals surface area contributed by atoms with Gasteiger partial charge in [0.25, 0.3) is 0 Å². The number of hydrogen-bond donors (Lipinski definition) is 1. The second-order valence-electron chi connectivity index (χ2n) is 9.75. The Bertz CT molecular complexity index is 1190. The first kappa shape index (κ1) is 28.1. The van der Waals surface area contributed by atoms with Gasteiger partial charge in [-0.1, -0.05) is 39.0 Å². The molecule has 0 radical (unpaired) electrons. The number of fused-ring (bicyclic) bond motifs is 1. The van der Waals surface area contributed by atoms with Gasteiger partial charge < -0.3 is 9.84 Å². The van der Waals surface area contributed by atoms with Crippen LogP contribution in [0.15, 0.2) is 35.4 Å². The first-order valence-corrected chi connectivity index (χ1v) is 13.1. The molecule has 1 aliphatic carbocycles. The molecule has 2 heterocycles. The van der Waals surface area contributed by atoms with Gasteiger partial charge in [-0.15, -0.1) is 11.3 Å². The molecule has 2 aliphatic rings. The van der Waals surface area contributed by atoms with Crippen molar-refractivity contribution in [1.82, 2.24) is 4.98 Å². The summed E-state index contributed by atoms with van der Waals surface area (Å²) < 4.78 is 45.5. The fraction of sp³-hybridized carbons (Fsp3) is 0.500. The number of allylic oxidation sites excluding steroid dienone is 4. The Balaban J connectivity index is 0.00000176. The molecule has 0 spiro atoms. The topological polar surface area (TPSA) is 54.7 Å². The zero-order valence-electron chi connectivity index (χ0n) is 22.0. The van der Waals surface area contributed by atoms with E-state index in [0.29, 0.717) is 24.5 Å². The summed E-state index contributed by atoms with van der Waals surface area (Å²) in [7, 11) is 0. The molecule has 0 saturated carbocycles. The van der Waals surface area contributed by atoms with E-state index >= 15 is 0 Å². The van der Waals surface area contributed by atoms with Crippen LogP contribution in [-0.2, 0) is 13.0 Å². The molecule has 1 aliphatic heterocycles. The van der Waals surface area contributed by atoms with Crippen molar-refractivity contribution in [3.63, 3.8) is 0 Å². The maximum absolute atomic E-state index is 13.1. The number of rotatable bonds is 6. The van der Waals surface area contributed by atoms with Crippen molar-refractivity contribution in [2.24, 2.45) is 16.8 Å². The van der Waals surface area contributed by atoms with Crippen molar-refractivity contribution in [1.29, 1.82) is 0 Å². The zero-order chi connectivity index (χ0) is 26.8. The average Bonchev–Trinajstić information content (AvgIpc) is 3.36. The van der Waals surface area contributed by atoms with Crippen LogP contribution in [0.3, 0.4) is 0 Å². The van der Waals surface area contributed by atoms with Crippen molar-refractivity contribution in [3.05, 3.63) is 57.1 Å². The summed E-state index contributed by atoms with van der Waals surface area (Å²) >= 11 is 1.45. The molecule has 0 saturated heterocycles. The lowest BCUT2D eigenvalue weighted by molar-refractivity contribution is -0.168. The summed E-state index contributed by atoms with van der Waals surface area (Å²) in [4.78, 5) is 10.2. The second kappa shape index (κ2) is 10.9. The van der Waals surface area contributed by atoms with Gasteiger partial charge in [-0.2, -0.15) is 13.2 Å². The summed E-state index contributed by atoms with van der Waals surface area (Å²) in [6, 6.07) is 3.85. The van der Waals surface area contributed by atoms with Gasteiger partial charge in [-0.05, 0) is 56.9 Å². The number of aryl methyl sites for hydroxylation is 1. The van der Waals surface area contributed by atoms with E-state index in [2.05, 4.69) is 9.98 Å². The molecule has 2 aromatic rings. The van der Waals surface area contributed by atoms with E-state index in [1.165, 1.54) is 23.5 Å². The minimum atomic E-state index is -4.25. The number of thiazole rings is 1. The molecule has 4 nitrogen and oxygen atoms in total. The van der Waals surface area contributed by atoms with Gasteiger partial charge in [0.15, 0.2) is 0 Å². The number of benzene rings is 1. The van der Waals surface area contributed by atoms with E-state index in [4.69, 9.17) is 4.74 Å². The van der Waals surface area contributed by atoms with Crippen LogP contribution in [0.2, 0.25) is 0 Å². The number of aliphatic hydroxyl groups is 1. The predicted octanol–water partition coefficient (Wildman–Crippen LogP) is 7.92. The number of aromatic nitrogens is 1. The van der Waals surface area contributed by atoms with Crippen molar-refractivity contribution in [2.75, 3.05) is 0 Å². The summed E-state index contributed by atoms with van der Waals surface area (Å²) in [5, 5.41) is 10.8. The summed E-state index contributed by atoms with van der Waals surface area (Å²) in [6.45, 7) is 13.4. The summed E-state index contributed by atoms with van der Waals surface area (Å²) in [5.74, 6) is -1.33. The lowest BCUT2D eigenvalue weighted by Crippen LogP contribution is -2.27. The molecule has 0 fully saturated rings. The number of aliphatic imine (C=N–C) groups is 1. The van der Waals surface area contributed by atoms with Crippen molar-refractivity contribution < 1.29 is 23.0 Å². The van der Waals surface area contributed by atoms with Gasteiger partial charge in [0.1, 0.15) is 17.4 Å². The summed E-state index contributed by atoms with van der Waals surface area (Å²) in [6.07, 6.45) is 1.38. The highest BCUT2D eigenvalue weighted by atomic mass is 32.1. The van der Waals surface area contributed by atoms with E-state index in [1.807, 2.05) is 39.8 Å². The SMILES string of the molecule is CC.Cc1nc(C2=CC(C)C(C(F)(F)F)C=C2)sc1COc1ccc2c(c1C)CC(CC(C)(C)O)=N2. The third-order valence-electron chi connectivity index (χ3n) is 6.19. The van der Waals surface area contributed by atoms with Crippen LogP contribution in [0.4, 0.5) is 18.9 Å². The fourth-order valence-corrected chi connectivity index (χ4v) is 5.41. The number of alkyl halides is 3. The van der Waals surface area contributed by atoms with Gasteiger partial charge in [0, 0.05) is 24.1 Å². The Kier molecular flexibility index (Phi) is 8.51. The number of nitrogens with zero attached hydrogens (tertiary/aromatic N) is 2. The highest BCUT2D eigenvalue weighted by Crippen LogP contribution is 2.40. The first-order valence-electron chi connectivity index (χ1n) is 12.3. The minimum Gasteiger partial charge on any atom is -0.488 e. The molecule has 2 atom stereocenters. The smallest absolute Gasteiger partial charge is 0.395 e. The monoisotopic (exact) mass is 520 g/mol. The van der Waals surface area contributed by atoms with Gasteiger partial charge in [-0.3, -0.25) is 4.99 Å². The molecule has 0 amide bonds. The maximum Gasteiger partial charge on any atom is 0.395 e. The number of ether oxygens (including phenoxy) is 1. The molecular weight excluding hydrogens is 485 g/mol. The van der Waals surface area contributed by atoms with Crippen LogP contribution >= 0.6 is 11.3 Å². The normalized spacial score (nSPS) is 19.3. The standard InChI is InChI=1S/C26H29F3N2O2S.C2H6/c1-14-10-17(6-7-20(14)26(27,28)29)24-30-16(3)23(34-24)13-33-22-9-8-21-19(15(22)2)11-18(31-21)12-25(4,5)32;1-2/h6-10,14,20,32H,11-13H2,1-5H3;1-2H3. The van der Waals surface area contributed by atoms with Crippen LogP contribution in [0.5, 0.6) is 5.75 Å². The molecule has 8 heteroatoms. The molecule has 1 N–H and O–H groups in total. The van der Waals surface area contributed by atoms with Crippen molar-refractivity contribution in [3.8, 4) is 5.75 Å². The maximum atomic E-state index is 13.1. The van der Waals surface area contributed by atoms with Gasteiger partial charge in [-0.25, -0.2) is 4.98 Å². The van der Waals surface area contributed by atoms with Crippen LogP contribution in [0.1, 0.15) is 67.7 Å².